The van der Waals surface area contributed by atoms with E-state index >= 15 is 0 Å². The van der Waals surface area contributed by atoms with E-state index in [9.17, 15) is 4.57 Å². The molecule has 6 nitrogen and oxygen atoms in total. The summed E-state index contributed by atoms with van der Waals surface area (Å²) >= 11 is 0. The molecule has 1 aromatic rings. The van der Waals surface area contributed by atoms with Gasteiger partial charge in [-0.15, -0.1) is 0 Å². The van der Waals surface area contributed by atoms with Crippen LogP contribution in [-0.4, -0.2) is 23.4 Å². The van der Waals surface area contributed by atoms with Crippen molar-refractivity contribution in [2.45, 2.75) is 20.0 Å². The Labute approximate surface area is 88.7 Å². The number of aromatic nitrogens is 2. The Bertz CT molecular complexity index is 343. The minimum absolute atomic E-state index is 0.150. The number of anilines is 1. The second kappa shape index (κ2) is 5.30. The van der Waals surface area contributed by atoms with Gasteiger partial charge in [0, 0.05) is 5.56 Å². The lowest BCUT2D eigenvalue weighted by Crippen LogP contribution is -2.00. The van der Waals surface area contributed by atoms with Gasteiger partial charge in [0.2, 0.25) is 0 Å². The molecule has 0 atom stereocenters. The van der Waals surface area contributed by atoms with Crippen LogP contribution in [0, 0.1) is 0 Å². The SMILES string of the molecule is CCOP(=O)(Cc1cn[nH]c1N)OCC. The molecule has 0 amide bonds. The average Bonchev–Trinajstić information content (AvgIpc) is 2.52. The Morgan fingerprint density at radius 3 is 2.47 bits per heavy atom. The zero-order valence-corrected chi connectivity index (χ0v) is 9.79. The van der Waals surface area contributed by atoms with E-state index in [1.165, 1.54) is 6.20 Å². The molecule has 7 heteroatoms. The number of nitrogens with two attached hydrogens (primary N) is 1. The molecule has 86 valence electrons. The molecule has 0 aliphatic carbocycles. The van der Waals surface area contributed by atoms with Gasteiger partial charge in [0.1, 0.15) is 5.82 Å². The van der Waals surface area contributed by atoms with Crippen LogP contribution in [0.3, 0.4) is 0 Å². The molecular formula is C8H16N3O3P. The number of nitrogen functional groups attached to an aromatic ring is 1. The van der Waals surface area contributed by atoms with Crippen molar-refractivity contribution in [1.29, 1.82) is 0 Å². The largest absolute Gasteiger partial charge is 0.384 e. The van der Waals surface area contributed by atoms with Crippen molar-refractivity contribution in [2.24, 2.45) is 0 Å². The van der Waals surface area contributed by atoms with Gasteiger partial charge in [0.15, 0.2) is 0 Å². The van der Waals surface area contributed by atoms with Crippen LogP contribution in [0.4, 0.5) is 5.82 Å². The van der Waals surface area contributed by atoms with Crippen LogP contribution in [0.2, 0.25) is 0 Å². The highest BCUT2D eigenvalue weighted by Gasteiger charge is 2.25. The molecular weight excluding hydrogens is 217 g/mol. The van der Waals surface area contributed by atoms with Crippen molar-refractivity contribution in [3.8, 4) is 0 Å². The Morgan fingerprint density at radius 2 is 2.07 bits per heavy atom. The summed E-state index contributed by atoms with van der Waals surface area (Å²) in [6.07, 6.45) is 1.68. The van der Waals surface area contributed by atoms with E-state index in [1.54, 1.807) is 13.8 Å². The van der Waals surface area contributed by atoms with Gasteiger partial charge in [-0.2, -0.15) is 5.10 Å². The fraction of sp³-hybridized carbons (Fsp3) is 0.625. The molecule has 0 saturated heterocycles. The second-order valence-corrected chi connectivity index (χ2v) is 4.97. The van der Waals surface area contributed by atoms with E-state index < -0.39 is 7.60 Å². The fourth-order valence-corrected chi connectivity index (χ4v) is 2.89. The maximum absolute atomic E-state index is 12.1. The topological polar surface area (TPSA) is 90.2 Å². The smallest absolute Gasteiger partial charge is 0.335 e. The van der Waals surface area contributed by atoms with Crippen molar-refractivity contribution in [3.63, 3.8) is 0 Å². The van der Waals surface area contributed by atoms with Crippen LogP contribution in [-0.2, 0) is 19.8 Å². The van der Waals surface area contributed by atoms with E-state index in [0.29, 0.717) is 24.6 Å². The molecule has 15 heavy (non-hydrogen) atoms. The summed E-state index contributed by atoms with van der Waals surface area (Å²) in [6, 6.07) is 0. The zero-order chi connectivity index (χ0) is 11.3. The normalized spacial score (nSPS) is 11.9. The highest BCUT2D eigenvalue weighted by molar-refractivity contribution is 7.53. The minimum Gasteiger partial charge on any atom is -0.384 e. The third-order valence-corrected chi connectivity index (χ3v) is 3.80. The number of hydrogen-bond donors (Lipinski definition) is 2. The first kappa shape index (κ1) is 12.2. The summed E-state index contributed by atoms with van der Waals surface area (Å²) in [6.45, 7) is 4.22. The second-order valence-electron chi connectivity index (χ2n) is 2.91. The van der Waals surface area contributed by atoms with E-state index in [0.717, 1.165) is 0 Å². The van der Waals surface area contributed by atoms with Crippen LogP contribution in [0.1, 0.15) is 19.4 Å². The maximum atomic E-state index is 12.1. The Morgan fingerprint density at radius 1 is 1.47 bits per heavy atom. The van der Waals surface area contributed by atoms with Crippen molar-refractivity contribution < 1.29 is 13.6 Å². The average molecular weight is 233 g/mol. The Balaban J connectivity index is 2.75. The maximum Gasteiger partial charge on any atom is 0.335 e. The van der Waals surface area contributed by atoms with Gasteiger partial charge in [-0.05, 0) is 13.8 Å². The van der Waals surface area contributed by atoms with Gasteiger partial charge in [-0.25, -0.2) is 0 Å². The summed E-state index contributed by atoms with van der Waals surface area (Å²) in [7, 11) is -3.08. The number of H-pyrrole nitrogens is 1. The number of hydrogen-bond acceptors (Lipinski definition) is 5. The van der Waals surface area contributed by atoms with Gasteiger partial charge in [-0.1, -0.05) is 0 Å². The van der Waals surface area contributed by atoms with Crippen LogP contribution in [0.25, 0.3) is 0 Å². The monoisotopic (exact) mass is 233 g/mol. The number of nitrogens with one attached hydrogen (secondary N) is 1. The molecule has 0 radical (unpaired) electrons. The van der Waals surface area contributed by atoms with Crippen molar-refractivity contribution in [2.75, 3.05) is 18.9 Å². The molecule has 0 spiro atoms. The zero-order valence-electron chi connectivity index (χ0n) is 8.90. The molecule has 0 aliphatic rings. The van der Waals surface area contributed by atoms with Gasteiger partial charge in [0.25, 0.3) is 0 Å². The quantitative estimate of drug-likeness (QED) is 0.730. The molecule has 0 unspecified atom stereocenters. The summed E-state index contributed by atoms with van der Waals surface area (Å²) in [5, 5.41) is 6.31. The van der Waals surface area contributed by atoms with Gasteiger partial charge in [0.05, 0.1) is 25.6 Å². The highest BCUT2D eigenvalue weighted by atomic mass is 31.2. The molecule has 1 aromatic heterocycles. The van der Waals surface area contributed by atoms with Crippen LogP contribution in [0.15, 0.2) is 6.20 Å². The minimum atomic E-state index is -3.08. The van der Waals surface area contributed by atoms with Gasteiger partial charge in [-0.3, -0.25) is 9.66 Å². The van der Waals surface area contributed by atoms with Crippen molar-refractivity contribution in [3.05, 3.63) is 11.8 Å². The first-order valence-electron chi connectivity index (χ1n) is 4.77. The van der Waals surface area contributed by atoms with Gasteiger partial charge >= 0.3 is 7.60 Å². The summed E-state index contributed by atoms with van der Waals surface area (Å²) in [4.78, 5) is 0. The van der Waals surface area contributed by atoms with Crippen LogP contribution < -0.4 is 5.73 Å². The Kier molecular flexibility index (Phi) is 4.32. The third kappa shape index (κ3) is 3.34. The molecule has 0 fully saturated rings. The van der Waals surface area contributed by atoms with Crippen molar-refractivity contribution in [1.82, 2.24) is 10.2 Å². The predicted octanol–water partition coefficient (Wildman–Crippen LogP) is 1.76. The molecule has 1 heterocycles. The van der Waals surface area contributed by atoms with Crippen LogP contribution in [0.5, 0.6) is 0 Å². The predicted molar refractivity (Wildman–Crippen MR) is 57.6 cm³/mol. The fourth-order valence-electron chi connectivity index (χ4n) is 1.18. The van der Waals surface area contributed by atoms with E-state index in [-0.39, 0.29) is 6.16 Å². The summed E-state index contributed by atoms with van der Waals surface area (Å²) in [5.41, 5.74) is 6.24. The number of rotatable bonds is 6. The molecule has 0 bridgehead atoms. The summed E-state index contributed by atoms with van der Waals surface area (Å²) in [5.74, 6) is 0.398. The van der Waals surface area contributed by atoms with Gasteiger partial charge < -0.3 is 14.8 Å². The Hall–Kier alpha value is -0.840. The van der Waals surface area contributed by atoms with E-state index in [2.05, 4.69) is 10.2 Å². The van der Waals surface area contributed by atoms with Crippen LogP contribution >= 0.6 is 7.60 Å². The lowest BCUT2D eigenvalue weighted by molar-refractivity contribution is 0.219. The lowest BCUT2D eigenvalue weighted by atomic mass is 10.4. The first-order chi connectivity index (χ1) is 7.11. The third-order valence-electron chi connectivity index (χ3n) is 1.77. The summed E-state index contributed by atoms with van der Waals surface area (Å²) < 4.78 is 22.4. The highest BCUT2D eigenvalue weighted by Crippen LogP contribution is 2.51. The lowest BCUT2D eigenvalue weighted by Gasteiger charge is -2.16. The molecule has 0 saturated carbocycles. The van der Waals surface area contributed by atoms with E-state index in [1.807, 2.05) is 0 Å². The molecule has 1 rings (SSSR count). The standard InChI is InChI=1S/C8H16N3O3P/c1-3-13-15(12,14-4-2)6-7-5-10-11-8(7)9/h5H,3-4,6H2,1-2H3,(H3,9,10,11). The molecule has 0 aliphatic heterocycles. The first-order valence-corrected chi connectivity index (χ1v) is 6.50. The van der Waals surface area contributed by atoms with E-state index in [4.69, 9.17) is 14.8 Å². The number of aromatic amines is 1. The molecule has 3 N–H and O–H groups in total. The van der Waals surface area contributed by atoms with Crippen molar-refractivity contribution >= 4 is 13.4 Å². The molecule has 0 aromatic carbocycles. The number of nitrogens with zero attached hydrogens (tertiary/aromatic N) is 1.